The van der Waals surface area contributed by atoms with Crippen molar-refractivity contribution in [3.05, 3.63) is 41.1 Å². The van der Waals surface area contributed by atoms with Crippen LogP contribution in [0.1, 0.15) is 53.2 Å². The molecule has 3 aliphatic heterocycles. The Morgan fingerprint density at radius 3 is 2.75 bits per heavy atom. The topological polar surface area (TPSA) is 106 Å². The van der Waals surface area contributed by atoms with E-state index in [0.717, 1.165) is 86.3 Å². The molecule has 5 rings (SSSR count). The predicted octanol–water partition coefficient (Wildman–Crippen LogP) is 2.23. The molecule has 0 amide bonds. The first-order valence-electron chi connectivity index (χ1n) is 11.4. The van der Waals surface area contributed by atoms with E-state index in [-0.39, 0.29) is 0 Å². The summed E-state index contributed by atoms with van der Waals surface area (Å²) in [6.45, 7) is 3.17. The van der Waals surface area contributed by atoms with Crippen LogP contribution in [0.2, 0.25) is 0 Å². The molecule has 170 valence electrons. The molecule has 32 heavy (non-hydrogen) atoms. The fourth-order valence-corrected chi connectivity index (χ4v) is 6.20. The van der Waals surface area contributed by atoms with Crippen LogP contribution in [0, 0.1) is 0 Å². The van der Waals surface area contributed by atoms with Crippen LogP contribution in [-0.4, -0.2) is 58.4 Å². The number of benzene rings is 1. The van der Waals surface area contributed by atoms with Gasteiger partial charge in [0.15, 0.2) is 0 Å². The lowest BCUT2D eigenvalue weighted by Gasteiger charge is -2.29. The number of nitrogens with one attached hydrogen (secondary N) is 2. The SMILES string of the molecule is O=C(O)c1cccc(C2CCN(c3nc4c(c(NC5CCOCC5)[nH+]3)S(=O)CC4)CC2)c1. The smallest absolute Gasteiger partial charge is 0.347 e. The molecular formula is C23H29N4O4S+. The van der Waals surface area contributed by atoms with Crippen molar-refractivity contribution in [3.63, 3.8) is 0 Å². The number of fused-ring (bicyclic) bond motifs is 1. The van der Waals surface area contributed by atoms with Crippen molar-refractivity contribution in [1.82, 2.24) is 4.98 Å². The molecule has 1 aromatic carbocycles. The van der Waals surface area contributed by atoms with Gasteiger partial charge >= 0.3 is 11.9 Å². The van der Waals surface area contributed by atoms with Crippen LogP contribution in [0.15, 0.2) is 29.2 Å². The minimum atomic E-state index is -1.02. The number of carbonyl (C=O) groups is 1. The van der Waals surface area contributed by atoms with Crippen molar-refractivity contribution >= 4 is 28.5 Å². The highest BCUT2D eigenvalue weighted by atomic mass is 32.2. The number of piperidine rings is 1. The van der Waals surface area contributed by atoms with Crippen LogP contribution in [0.4, 0.5) is 11.8 Å². The van der Waals surface area contributed by atoms with Gasteiger partial charge in [0.05, 0.1) is 35.5 Å². The molecule has 0 radical (unpaired) electrons. The summed E-state index contributed by atoms with van der Waals surface area (Å²) in [6, 6.07) is 7.60. The van der Waals surface area contributed by atoms with E-state index in [0.29, 0.717) is 23.3 Å². The zero-order valence-electron chi connectivity index (χ0n) is 18.0. The third-order valence-corrected chi connectivity index (χ3v) is 8.16. The molecule has 0 aliphatic carbocycles. The Morgan fingerprint density at radius 2 is 2.00 bits per heavy atom. The highest BCUT2D eigenvalue weighted by Crippen LogP contribution is 2.32. The van der Waals surface area contributed by atoms with Crippen molar-refractivity contribution in [1.29, 1.82) is 0 Å². The van der Waals surface area contributed by atoms with Crippen molar-refractivity contribution in [2.75, 3.05) is 42.3 Å². The summed E-state index contributed by atoms with van der Waals surface area (Å²) in [5.41, 5.74) is 2.37. The second kappa shape index (κ2) is 9.15. The van der Waals surface area contributed by atoms with Crippen molar-refractivity contribution in [2.45, 2.75) is 49.0 Å². The molecule has 0 saturated carbocycles. The summed E-state index contributed by atoms with van der Waals surface area (Å²) >= 11 is 0. The van der Waals surface area contributed by atoms with Gasteiger partial charge in [-0.05, 0) is 36.5 Å². The van der Waals surface area contributed by atoms with Gasteiger partial charge in [-0.2, -0.15) is 0 Å². The molecule has 1 unspecified atom stereocenters. The number of hydrogen-bond donors (Lipinski definition) is 2. The number of rotatable bonds is 5. The largest absolute Gasteiger partial charge is 0.478 e. The third-order valence-electron chi connectivity index (χ3n) is 6.69. The lowest BCUT2D eigenvalue weighted by Crippen LogP contribution is -2.39. The van der Waals surface area contributed by atoms with E-state index >= 15 is 0 Å². The molecule has 1 aromatic heterocycles. The van der Waals surface area contributed by atoms with E-state index in [1.54, 1.807) is 12.1 Å². The minimum absolute atomic E-state index is 0.309. The number of aromatic carboxylic acids is 1. The normalized spacial score (nSPS) is 22.0. The lowest BCUT2D eigenvalue weighted by molar-refractivity contribution is -0.354. The van der Waals surface area contributed by atoms with Crippen LogP contribution < -0.4 is 15.2 Å². The second-order valence-corrected chi connectivity index (χ2v) is 10.2. The number of carboxylic acids is 1. The number of H-pyrrole nitrogens is 1. The zero-order chi connectivity index (χ0) is 22.1. The van der Waals surface area contributed by atoms with Gasteiger partial charge in [0.1, 0.15) is 10.6 Å². The van der Waals surface area contributed by atoms with Gasteiger partial charge in [-0.15, -0.1) is 4.98 Å². The molecule has 2 aromatic rings. The monoisotopic (exact) mass is 457 g/mol. The Balaban J connectivity index is 1.33. The summed E-state index contributed by atoms with van der Waals surface area (Å²) in [7, 11) is -1.02. The van der Waals surface area contributed by atoms with E-state index in [4.69, 9.17) is 9.72 Å². The van der Waals surface area contributed by atoms with Gasteiger partial charge in [-0.3, -0.25) is 9.11 Å². The van der Waals surface area contributed by atoms with Crippen molar-refractivity contribution in [3.8, 4) is 0 Å². The zero-order valence-corrected chi connectivity index (χ0v) is 18.8. The standard InChI is InChI=1S/C23H28N4O4S/c28-22(29)17-3-1-2-16(14-17)15-4-9-27(10-5-15)23-25-19-8-13-32(30)20(19)21(26-23)24-18-6-11-31-12-7-18/h1-3,14-15,18H,4-13H2,(H,28,29)(H,24,25,26)/p+1. The van der Waals surface area contributed by atoms with Gasteiger partial charge in [0.2, 0.25) is 5.82 Å². The number of hydrogen-bond acceptors (Lipinski definition) is 6. The molecule has 4 heterocycles. The van der Waals surface area contributed by atoms with Gasteiger partial charge in [-0.25, -0.2) is 9.78 Å². The number of carboxylic acid groups (broad SMARTS) is 1. The number of nitrogens with zero attached hydrogens (tertiary/aromatic N) is 2. The third kappa shape index (κ3) is 4.36. The van der Waals surface area contributed by atoms with Crippen LogP contribution in [0.25, 0.3) is 0 Å². The molecule has 0 spiro atoms. The fourth-order valence-electron chi connectivity index (χ4n) is 4.87. The Bertz CT molecular complexity index is 1030. The minimum Gasteiger partial charge on any atom is -0.478 e. The van der Waals surface area contributed by atoms with E-state index in [9.17, 15) is 14.1 Å². The average molecular weight is 458 g/mol. The highest BCUT2D eigenvalue weighted by molar-refractivity contribution is 7.85. The summed E-state index contributed by atoms with van der Waals surface area (Å²) in [6.07, 6.45) is 4.49. The molecule has 1 atom stereocenters. The van der Waals surface area contributed by atoms with Crippen LogP contribution in [0.3, 0.4) is 0 Å². The van der Waals surface area contributed by atoms with E-state index in [1.807, 2.05) is 12.1 Å². The predicted molar refractivity (Wildman–Crippen MR) is 121 cm³/mol. The summed E-state index contributed by atoms with van der Waals surface area (Å²) in [4.78, 5) is 22.7. The van der Waals surface area contributed by atoms with Crippen LogP contribution in [-0.2, 0) is 22.0 Å². The Hall–Kier alpha value is -2.52. The maximum Gasteiger partial charge on any atom is 0.347 e. The number of aryl methyl sites for hydroxylation is 1. The number of aromatic nitrogens is 2. The van der Waals surface area contributed by atoms with E-state index < -0.39 is 16.8 Å². The fraction of sp³-hybridized carbons (Fsp3) is 0.522. The summed E-state index contributed by atoms with van der Waals surface area (Å²) in [5, 5.41) is 12.9. The molecule has 0 bridgehead atoms. The summed E-state index contributed by atoms with van der Waals surface area (Å²) < 4.78 is 18.1. The first kappa shape index (κ1) is 21.3. The number of aromatic amines is 1. The molecule has 2 saturated heterocycles. The van der Waals surface area contributed by atoms with Gasteiger partial charge in [-0.1, -0.05) is 12.1 Å². The van der Waals surface area contributed by atoms with Crippen LogP contribution >= 0.6 is 0 Å². The Kier molecular flexibility index (Phi) is 6.10. The summed E-state index contributed by atoms with van der Waals surface area (Å²) in [5.74, 6) is 1.76. The molecule has 3 N–H and O–H groups in total. The van der Waals surface area contributed by atoms with Gasteiger partial charge in [0, 0.05) is 38.2 Å². The van der Waals surface area contributed by atoms with Crippen molar-refractivity contribution in [2.24, 2.45) is 0 Å². The quantitative estimate of drug-likeness (QED) is 0.709. The number of ether oxygens (including phenoxy) is 1. The van der Waals surface area contributed by atoms with E-state index in [2.05, 4.69) is 15.2 Å². The van der Waals surface area contributed by atoms with Crippen LogP contribution in [0.5, 0.6) is 0 Å². The maximum atomic E-state index is 12.6. The molecular weight excluding hydrogens is 428 g/mol. The van der Waals surface area contributed by atoms with Gasteiger partial charge in [0.25, 0.3) is 0 Å². The molecule has 3 aliphatic rings. The molecule has 9 heteroatoms. The molecule has 8 nitrogen and oxygen atoms in total. The Morgan fingerprint density at radius 1 is 1.22 bits per heavy atom. The highest BCUT2D eigenvalue weighted by Gasteiger charge is 2.34. The van der Waals surface area contributed by atoms with Crippen molar-refractivity contribution < 1.29 is 23.8 Å². The number of anilines is 2. The maximum absolute atomic E-state index is 12.6. The average Bonchev–Trinajstić information content (AvgIpc) is 3.21. The molecule has 2 fully saturated rings. The van der Waals surface area contributed by atoms with E-state index in [1.165, 1.54) is 0 Å². The first-order valence-corrected chi connectivity index (χ1v) is 12.7. The second-order valence-electron chi connectivity index (χ2n) is 8.73. The van der Waals surface area contributed by atoms with Gasteiger partial charge < -0.3 is 15.2 Å². The first-order chi connectivity index (χ1) is 15.6. The lowest BCUT2D eigenvalue weighted by atomic mass is 9.88. The Labute approximate surface area is 189 Å².